The average Bonchev–Trinajstić information content (AvgIpc) is 2.71. The standard InChI is InChI=1S/C25H42O4/c1-2-3-4-12-17-23(26)20-24(29-21-22-15-10-9-11-16-22)18-13-7-5-6-8-14-19-25(27)28/h9-11,15-16,23-24,26H,2-8,12-14,17-21H2,1H3,(H,27,28). The maximum Gasteiger partial charge on any atom is 0.303 e. The van der Waals surface area contributed by atoms with Crippen molar-refractivity contribution in [1.82, 2.24) is 0 Å². The lowest BCUT2D eigenvalue weighted by Crippen LogP contribution is -2.21. The van der Waals surface area contributed by atoms with Crippen molar-refractivity contribution in [2.75, 3.05) is 0 Å². The summed E-state index contributed by atoms with van der Waals surface area (Å²) < 4.78 is 6.17. The van der Waals surface area contributed by atoms with Gasteiger partial charge in [-0.15, -0.1) is 0 Å². The zero-order valence-corrected chi connectivity index (χ0v) is 18.4. The third kappa shape index (κ3) is 15.2. The molecule has 2 N–H and O–H groups in total. The van der Waals surface area contributed by atoms with Crippen LogP contribution in [0.2, 0.25) is 0 Å². The summed E-state index contributed by atoms with van der Waals surface area (Å²) >= 11 is 0. The quantitative estimate of drug-likeness (QED) is 0.257. The van der Waals surface area contributed by atoms with E-state index in [4.69, 9.17) is 9.84 Å². The molecular weight excluding hydrogens is 364 g/mol. The molecule has 4 heteroatoms. The lowest BCUT2D eigenvalue weighted by atomic mass is 10.00. The largest absolute Gasteiger partial charge is 0.481 e. The van der Waals surface area contributed by atoms with Gasteiger partial charge in [-0.2, -0.15) is 0 Å². The Morgan fingerprint density at radius 3 is 2.21 bits per heavy atom. The Hall–Kier alpha value is -1.39. The van der Waals surface area contributed by atoms with Crippen molar-refractivity contribution >= 4 is 5.97 Å². The number of carboxylic acid groups (broad SMARTS) is 1. The van der Waals surface area contributed by atoms with E-state index in [1.54, 1.807) is 0 Å². The third-order valence-corrected chi connectivity index (χ3v) is 5.42. The molecule has 0 saturated heterocycles. The number of aliphatic hydroxyl groups excluding tert-OH is 1. The average molecular weight is 407 g/mol. The van der Waals surface area contributed by atoms with Crippen LogP contribution in [0.3, 0.4) is 0 Å². The summed E-state index contributed by atoms with van der Waals surface area (Å²) in [7, 11) is 0. The van der Waals surface area contributed by atoms with Crippen LogP contribution in [0.1, 0.15) is 102 Å². The van der Waals surface area contributed by atoms with Crippen molar-refractivity contribution in [3.05, 3.63) is 35.9 Å². The second kappa shape index (κ2) is 17.5. The topological polar surface area (TPSA) is 66.8 Å². The summed E-state index contributed by atoms with van der Waals surface area (Å²) in [6.07, 6.45) is 13.7. The van der Waals surface area contributed by atoms with Crippen LogP contribution in [0.4, 0.5) is 0 Å². The summed E-state index contributed by atoms with van der Waals surface area (Å²) in [6.45, 7) is 2.80. The minimum Gasteiger partial charge on any atom is -0.481 e. The van der Waals surface area contributed by atoms with Crippen LogP contribution in [0, 0.1) is 0 Å². The predicted molar refractivity (Wildman–Crippen MR) is 119 cm³/mol. The fourth-order valence-corrected chi connectivity index (χ4v) is 3.64. The van der Waals surface area contributed by atoms with Crippen LogP contribution < -0.4 is 0 Å². The molecule has 29 heavy (non-hydrogen) atoms. The summed E-state index contributed by atoms with van der Waals surface area (Å²) in [5.74, 6) is -0.698. The van der Waals surface area contributed by atoms with Crippen LogP contribution in [0.25, 0.3) is 0 Å². The molecule has 1 aromatic rings. The highest BCUT2D eigenvalue weighted by atomic mass is 16.5. The number of rotatable bonds is 19. The van der Waals surface area contributed by atoms with Crippen molar-refractivity contribution in [3.8, 4) is 0 Å². The number of carbonyl (C=O) groups is 1. The number of aliphatic hydroxyl groups is 1. The second-order valence-corrected chi connectivity index (χ2v) is 8.21. The molecule has 2 atom stereocenters. The Labute approximate surface area is 177 Å². The van der Waals surface area contributed by atoms with Crippen molar-refractivity contribution in [2.24, 2.45) is 0 Å². The smallest absolute Gasteiger partial charge is 0.303 e. The van der Waals surface area contributed by atoms with Gasteiger partial charge in [-0.25, -0.2) is 0 Å². The summed E-state index contributed by atoms with van der Waals surface area (Å²) in [4.78, 5) is 10.5. The van der Waals surface area contributed by atoms with Gasteiger partial charge in [0.25, 0.3) is 0 Å². The molecular formula is C25H42O4. The molecule has 0 fully saturated rings. The highest BCUT2D eigenvalue weighted by Gasteiger charge is 2.15. The Morgan fingerprint density at radius 2 is 1.52 bits per heavy atom. The first-order valence-corrected chi connectivity index (χ1v) is 11.7. The van der Waals surface area contributed by atoms with Crippen molar-refractivity contribution < 1.29 is 19.7 Å². The van der Waals surface area contributed by atoms with Gasteiger partial charge in [0.2, 0.25) is 0 Å². The van der Waals surface area contributed by atoms with E-state index in [2.05, 4.69) is 19.1 Å². The van der Waals surface area contributed by atoms with Gasteiger partial charge in [0.15, 0.2) is 0 Å². The number of unbranched alkanes of at least 4 members (excludes halogenated alkanes) is 8. The van der Waals surface area contributed by atoms with Crippen molar-refractivity contribution in [2.45, 2.75) is 116 Å². The number of hydrogen-bond acceptors (Lipinski definition) is 3. The first-order chi connectivity index (χ1) is 14.1. The third-order valence-electron chi connectivity index (χ3n) is 5.42. The monoisotopic (exact) mass is 406 g/mol. The van der Waals surface area contributed by atoms with E-state index < -0.39 is 5.97 Å². The molecule has 2 unspecified atom stereocenters. The van der Waals surface area contributed by atoms with Crippen molar-refractivity contribution in [3.63, 3.8) is 0 Å². The number of carboxylic acids is 1. The molecule has 0 saturated carbocycles. The van der Waals surface area contributed by atoms with Gasteiger partial charge in [0.1, 0.15) is 0 Å². The lowest BCUT2D eigenvalue weighted by molar-refractivity contribution is -0.137. The van der Waals surface area contributed by atoms with Crippen LogP contribution in [0.15, 0.2) is 30.3 Å². The molecule has 0 aliphatic rings. The molecule has 4 nitrogen and oxygen atoms in total. The number of hydrogen-bond donors (Lipinski definition) is 2. The van der Waals surface area contributed by atoms with Crippen LogP contribution in [-0.2, 0) is 16.1 Å². The summed E-state index contributed by atoms with van der Waals surface area (Å²) in [5, 5.41) is 19.1. The fourth-order valence-electron chi connectivity index (χ4n) is 3.64. The number of aliphatic carboxylic acids is 1. The van der Waals surface area contributed by atoms with Gasteiger partial charge in [-0.05, 0) is 31.2 Å². The fraction of sp³-hybridized carbons (Fsp3) is 0.720. The van der Waals surface area contributed by atoms with E-state index >= 15 is 0 Å². The number of ether oxygens (including phenoxy) is 1. The van der Waals surface area contributed by atoms with Gasteiger partial charge < -0.3 is 14.9 Å². The first kappa shape index (κ1) is 25.6. The van der Waals surface area contributed by atoms with Crippen LogP contribution in [0.5, 0.6) is 0 Å². The minimum atomic E-state index is -0.698. The maximum atomic E-state index is 10.5. The molecule has 1 aromatic carbocycles. The molecule has 0 spiro atoms. The van der Waals surface area contributed by atoms with Gasteiger partial charge in [-0.1, -0.05) is 95.0 Å². The normalized spacial score (nSPS) is 13.3. The van der Waals surface area contributed by atoms with E-state index in [0.29, 0.717) is 6.61 Å². The Balaban J connectivity index is 2.28. The molecule has 0 aliphatic carbocycles. The number of benzene rings is 1. The van der Waals surface area contributed by atoms with Gasteiger partial charge in [0, 0.05) is 6.42 Å². The van der Waals surface area contributed by atoms with Gasteiger partial charge in [-0.3, -0.25) is 4.79 Å². The SMILES string of the molecule is CCCCCCC(O)CC(CCCCCCCCC(=O)O)OCc1ccccc1. The summed E-state index contributed by atoms with van der Waals surface area (Å²) in [5.41, 5.74) is 1.17. The van der Waals surface area contributed by atoms with E-state index in [0.717, 1.165) is 64.2 Å². The maximum absolute atomic E-state index is 10.5. The minimum absolute atomic E-state index is 0.100. The second-order valence-electron chi connectivity index (χ2n) is 8.21. The Kier molecular flexibility index (Phi) is 15.4. The molecule has 0 heterocycles. The molecule has 0 aliphatic heterocycles. The highest BCUT2D eigenvalue weighted by Crippen LogP contribution is 2.19. The first-order valence-electron chi connectivity index (χ1n) is 11.7. The molecule has 166 valence electrons. The van der Waals surface area contributed by atoms with Gasteiger partial charge >= 0.3 is 5.97 Å². The van der Waals surface area contributed by atoms with Gasteiger partial charge in [0.05, 0.1) is 18.8 Å². The highest BCUT2D eigenvalue weighted by molar-refractivity contribution is 5.66. The lowest BCUT2D eigenvalue weighted by Gasteiger charge is -2.21. The summed E-state index contributed by atoms with van der Waals surface area (Å²) in [6, 6.07) is 10.2. The molecule has 0 amide bonds. The van der Waals surface area contributed by atoms with Crippen LogP contribution in [-0.4, -0.2) is 28.4 Å². The molecule has 1 rings (SSSR count). The van der Waals surface area contributed by atoms with E-state index in [1.165, 1.54) is 24.8 Å². The molecule has 0 aromatic heterocycles. The molecule has 0 radical (unpaired) electrons. The zero-order valence-electron chi connectivity index (χ0n) is 18.4. The van der Waals surface area contributed by atoms with Crippen LogP contribution >= 0.6 is 0 Å². The zero-order chi connectivity index (χ0) is 21.2. The van der Waals surface area contributed by atoms with Crippen molar-refractivity contribution in [1.29, 1.82) is 0 Å². The van der Waals surface area contributed by atoms with E-state index in [9.17, 15) is 9.90 Å². The Bertz CT molecular complexity index is 503. The molecule has 0 bridgehead atoms. The Morgan fingerprint density at radius 1 is 0.897 bits per heavy atom. The van der Waals surface area contributed by atoms with E-state index in [-0.39, 0.29) is 18.6 Å². The van der Waals surface area contributed by atoms with E-state index in [1.807, 2.05) is 18.2 Å². The predicted octanol–water partition coefficient (Wildman–Crippen LogP) is 6.50.